The molecular formula is C19H20ClNO2. The molecule has 4 heteroatoms. The van der Waals surface area contributed by atoms with Gasteiger partial charge >= 0.3 is 0 Å². The molecule has 0 spiro atoms. The lowest BCUT2D eigenvalue weighted by atomic mass is 10.0. The van der Waals surface area contributed by atoms with E-state index in [1.165, 1.54) is 0 Å². The number of benzene rings is 2. The molecular weight excluding hydrogens is 310 g/mol. The third kappa shape index (κ3) is 5.22. The van der Waals surface area contributed by atoms with E-state index in [1.54, 1.807) is 36.2 Å². The number of hydrogen-bond donors (Lipinski definition) is 0. The van der Waals surface area contributed by atoms with E-state index in [2.05, 4.69) is 0 Å². The van der Waals surface area contributed by atoms with Crippen LogP contribution in [0.1, 0.15) is 34.3 Å². The summed E-state index contributed by atoms with van der Waals surface area (Å²) in [6, 6.07) is 14.8. The lowest BCUT2D eigenvalue weighted by Gasteiger charge is -2.17. The summed E-state index contributed by atoms with van der Waals surface area (Å²) < 4.78 is 0. The highest BCUT2D eigenvalue weighted by Gasteiger charge is 2.13. The minimum atomic E-state index is -0.0413. The Morgan fingerprint density at radius 3 is 2.17 bits per heavy atom. The van der Waals surface area contributed by atoms with E-state index in [0.717, 1.165) is 11.1 Å². The lowest BCUT2D eigenvalue weighted by molar-refractivity contribution is -0.130. The van der Waals surface area contributed by atoms with Crippen LogP contribution >= 0.6 is 11.6 Å². The Morgan fingerprint density at radius 1 is 0.957 bits per heavy atom. The van der Waals surface area contributed by atoms with Crippen molar-refractivity contribution in [2.45, 2.75) is 26.3 Å². The Hall–Kier alpha value is -2.13. The smallest absolute Gasteiger partial charge is 0.223 e. The summed E-state index contributed by atoms with van der Waals surface area (Å²) in [6.45, 7) is 2.48. The monoisotopic (exact) mass is 329 g/mol. The molecule has 2 rings (SSSR count). The van der Waals surface area contributed by atoms with Crippen LogP contribution in [-0.4, -0.2) is 23.6 Å². The Morgan fingerprint density at radius 2 is 1.57 bits per heavy atom. The average Bonchev–Trinajstić information content (AvgIpc) is 2.55. The Labute approximate surface area is 141 Å². The molecule has 0 bridgehead atoms. The van der Waals surface area contributed by atoms with Gasteiger partial charge in [-0.05, 0) is 24.6 Å². The fraction of sp³-hybridized carbons (Fsp3) is 0.263. The van der Waals surface area contributed by atoms with Gasteiger partial charge in [-0.15, -0.1) is 0 Å². The minimum absolute atomic E-state index is 0.00163. The maximum Gasteiger partial charge on any atom is 0.223 e. The topological polar surface area (TPSA) is 37.4 Å². The lowest BCUT2D eigenvalue weighted by Crippen LogP contribution is -2.26. The van der Waals surface area contributed by atoms with E-state index in [-0.39, 0.29) is 24.5 Å². The summed E-state index contributed by atoms with van der Waals surface area (Å²) in [6.07, 6.45) is 0.448. The number of Topliss-reactive ketones (excluding diaryl/α,β-unsaturated/α-hetero) is 1. The fourth-order valence-corrected chi connectivity index (χ4v) is 2.37. The van der Waals surface area contributed by atoms with Gasteiger partial charge in [-0.2, -0.15) is 0 Å². The third-order valence-electron chi connectivity index (χ3n) is 3.70. The van der Waals surface area contributed by atoms with E-state index < -0.39 is 0 Å². The van der Waals surface area contributed by atoms with Crippen molar-refractivity contribution in [3.63, 3.8) is 0 Å². The molecule has 0 N–H and O–H groups in total. The number of hydrogen-bond acceptors (Lipinski definition) is 2. The van der Waals surface area contributed by atoms with Crippen LogP contribution in [0.15, 0.2) is 48.5 Å². The molecule has 2 aromatic rings. The molecule has 0 aromatic heterocycles. The molecule has 0 atom stereocenters. The van der Waals surface area contributed by atoms with E-state index in [1.807, 2.05) is 31.2 Å². The van der Waals surface area contributed by atoms with Crippen molar-refractivity contribution < 1.29 is 9.59 Å². The largest absolute Gasteiger partial charge is 0.341 e. The molecule has 0 saturated heterocycles. The number of ketones is 1. The van der Waals surface area contributed by atoms with Crippen LogP contribution in [0.2, 0.25) is 5.02 Å². The highest BCUT2D eigenvalue weighted by molar-refractivity contribution is 6.30. The van der Waals surface area contributed by atoms with Crippen molar-refractivity contribution in [2.24, 2.45) is 0 Å². The summed E-state index contributed by atoms with van der Waals surface area (Å²) in [5.74, 6) is -0.0429. The second kappa shape index (κ2) is 7.93. The summed E-state index contributed by atoms with van der Waals surface area (Å²) in [4.78, 5) is 25.9. The Bertz CT molecular complexity index is 678. The minimum Gasteiger partial charge on any atom is -0.341 e. The Kier molecular flexibility index (Phi) is 5.94. The maximum atomic E-state index is 12.2. The van der Waals surface area contributed by atoms with Crippen LogP contribution in [0, 0.1) is 6.92 Å². The number of halogens is 1. The number of carbonyl (C=O) groups is 2. The van der Waals surface area contributed by atoms with Crippen molar-refractivity contribution in [1.29, 1.82) is 0 Å². The van der Waals surface area contributed by atoms with Crippen molar-refractivity contribution in [3.8, 4) is 0 Å². The molecule has 120 valence electrons. The molecule has 1 amide bonds. The van der Waals surface area contributed by atoms with Crippen LogP contribution < -0.4 is 0 Å². The van der Waals surface area contributed by atoms with Crippen LogP contribution in [0.3, 0.4) is 0 Å². The molecule has 0 aliphatic rings. The van der Waals surface area contributed by atoms with Crippen LogP contribution in [0.25, 0.3) is 0 Å². The first-order valence-corrected chi connectivity index (χ1v) is 7.92. The molecule has 0 heterocycles. The second-order valence-electron chi connectivity index (χ2n) is 5.67. The van der Waals surface area contributed by atoms with Gasteiger partial charge in [0, 0.05) is 37.0 Å². The molecule has 0 radical (unpaired) electrons. The van der Waals surface area contributed by atoms with Gasteiger partial charge in [0.1, 0.15) is 0 Å². The zero-order valence-corrected chi connectivity index (χ0v) is 14.1. The Balaban J connectivity index is 1.84. The van der Waals surface area contributed by atoms with Crippen LogP contribution in [-0.2, 0) is 11.3 Å². The van der Waals surface area contributed by atoms with E-state index >= 15 is 0 Å². The van der Waals surface area contributed by atoms with Crippen LogP contribution in [0.4, 0.5) is 0 Å². The maximum absolute atomic E-state index is 12.2. The molecule has 23 heavy (non-hydrogen) atoms. The zero-order chi connectivity index (χ0) is 16.8. The molecule has 0 unspecified atom stereocenters. The van der Waals surface area contributed by atoms with Gasteiger partial charge in [-0.1, -0.05) is 53.6 Å². The summed E-state index contributed by atoms with van der Waals surface area (Å²) >= 11 is 5.85. The first-order chi connectivity index (χ1) is 11.0. The molecule has 3 nitrogen and oxygen atoms in total. The zero-order valence-electron chi connectivity index (χ0n) is 13.4. The molecule has 2 aromatic carbocycles. The normalized spacial score (nSPS) is 10.4. The first-order valence-electron chi connectivity index (χ1n) is 7.54. The molecule has 0 saturated carbocycles. The molecule has 0 aliphatic heterocycles. The van der Waals surface area contributed by atoms with Crippen molar-refractivity contribution in [2.75, 3.05) is 7.05 Å². The predicted octanol–water partition coefficient (Wildman–Crippen LogP) is 4.27. The number of aryl methyl sites for hydroxylation is 1. The van der Waals surface area contributed by atoms with Crippen molar-refractivity contribution in [1.82, 2.24) is 4.90 Å². The summed E-state index contributed by atoms with van der Waals surface area (Å²) in [5, 5.41) is 0.673. The van der Waals surface area contributed by atoms with Gasteiger partial charge in [0.25, 0.3) is 0 Å². The quantitative estimate of drug-likeness (QED) is 0.742. The van der Waals surface area contributed by atoms with Gasteiger partial charge in [0.2, 0.25) is 5.91 Å². The van der Waals surface area contributed by atoms with Gasteiger partial charge in [-0.25, -0.2) is 0 Å². The summed E-state index contributed by atoms with van der Waals surface area (Å²) in [5.41, 5.74) is 2.78. The number of amides is 1. The SMILES string of the molecule is Cc1ccc(C(=O)CCC(=O)N(C)Cc2ccc(Cl)cc2)cc1. The second-order valence-corrected chi connectivity index (χ2v) is 6.10. The van der Waals surface area contributed by atoms with Gasteiger partial charge in [-0.3, -0.25) is 9.59 Å². The van der Waals surface area contributed by atoms with E-state index in [9.17, 15) is 9.59 Å². The van der Waals surface area contributed by atoms with Crippen molar-refractivity contribution >= 4 is 23.3 Å². The number of nitrogens with zero attached hydrogens (tertiary/aromatic N) is 1. The third-order valence-corrected chi connectivity index (χ3v) is 3.95. The summed E-state index contributed by atoms with van der Waals surface area (Å²) in [7, 11) is 1.74. The highest BCUT2D eigenvalue weighted by Crippen LogP contribution is 2.12. The predicted molar refractivity (Wildman–Crippen MR) is 92.7 cm³/mol. The molecule has 0 fully saturated rings. The molecule has 0 aliphatic carbocycles. The van der Waals surface area contributed by atoms with Crippen molar-refractivity contribution in [3.05, 3.63) is 70.2 Å². The van der Waals surface area contributed by atoms with Crippen LogP contribution in [0.5, 0.6) is 0 Å². The number of carbonyl (C=O) groups excluding carboxylic acids is 2. The van der Waals surface area contributed by atoms with Gasteiger partial charge in [0.05, 0.1) is 0 Å². The standard InChI is InChI=1S/C19H20ClNO2/c1-14-3-7-16(8-4-14)18(22)11-12-19(23)21(2)13-15-5-9-17(20)10-6-15/h3-10H,11-13H2,1-2H3. The van der Waals surface area contributed by atoms with Gasteiger partial charge < -0.3 is 4.90 Å². The van der Waals surface area contributed by atoms with E-state index in [4.69, 9.17) is 11.6 Å². The fourth-order valence-electron chi connectivity index (χ4n) is 2.25. The first kappa shape index (κ1) is 17.2. The number of rotatable bonds is 6. The highest BCUT2D eigenvalue weighted by atomic mass is 35.5. The van der Waals surface area contributed by atoms with Gasteiger partial charge in [0.15, 0.2) is 5.78 Å². The average molecular weight is 330 g/mol. The van der Waals surface area contributed by atoms with E-state index in [0.29, 0.717) is 17.1 Å².